The van der Waals surface area contributed by atoms with Crippen LogP contribution in [0.5, 0.6) is 5.75 Å². The van der Waals surface area contributed by atoms with Crippen LogP contribution in [0.4, 0.5) is 11.4 Å². The van der Waals surface area contributed by atoms with Crippen molar-refractivity contribution in [3.8, 4) is 5.75 Å². The van der Waals surface area contributed by atoms with E-state index in [1.165, 1.54) is 6.92 Å². The van der Waals surface area contributed by atoms with Crippen LogP contribution in [0.3, 0.4) is 0 Å². The molecule has 0 aliphatic rings. The monoisotopic (exact) mass is 468 g/mol. The zero-order valence-electron chi connectivity index (χ0n) is 14.1. The quantitative estimate of drug-likeness (QED) is 0.660. The van der Waals surface area contributed by atoms with Crippen LogP contribution in [0.1, 0.15) is 18.1 Å². The Morgan fingerprint density at radius 3 is 2.24 bits per heavy atom. The molecule has 0 heterocycles. The van der Waals surface area contributed by atoms with Crippen LogP contribution in [0.15, 0.2) is 39.3 Å². The molecule has 0 saturated heterocycles. The molecule has 0 saturated carbocycles. The van der Waals surface area contributed by atoms with Crippen LogP contribution in [0, 0.1) is 13.8 Å². The van der Waals surface area contributed by atoms with Gasteiger partial charge in [-0.25, -0.2) is 0 Å². The zero-order valence-corrected chi connectivity index (χ0v) is 17.2. The summed E-state index contributed by atoms with van der Waals surface area (Å²) < 4.78 is 7.16. The average molecular weight is 470 g/mol. The van der Waals surface area contributed by atoms with Crippen LogP contribution in [-0.4, -0.2) is 18.4 Å². The summed E-state index contributed by atoms with van der Waals surface area (Å²) in [5, 5.41) is 5.49. The third kappa shape index (κ3) is 5.57. The normalized spacial score (nSPS) is 10.3. The number of carbonyl (C=O) groups is 2. The van der Waals surface area contributed by atoms with Crippen molar-refractivity contribution in [1.82, 2.24) is 0 Å². The number of aryl methyl sites for hydroxylation is 2. The van der Waals surface area contributed by atoms with Crippen molar-refractivity contribution in [3.63, 3.8) is 0 Å². The Bertz CT molecular complexity index is 799. The number of benzene rings is 2. The van der Waals surface area contributed by atoms with E-state index in [0.29, 0.717) is 17.1 Å². The van der Waals surface area contributed by atoms with Crippen molar-refractivity contribution in [2.45, 2.75) is 20.8 Å². The average Bonchev–Trinajstić information content (AvgIpc) is 2.50. The van der Waals surface area contributed by atoms with E-state index in [1.807, 2.05) is 32.0 Å². The summed E-state index contributed by atoms with van der Waals surface area (Å²) in [5.41, 5.74) is 3.20. The largest absolute Gasteiger partial charge is 0.482 e. The lowest BCUT2D eigenvalue weighted by atomic mass is 10.2. The fourth-order valence-electron chi connectivity index (χ4n) is 2.18. The first-order valence-corrected chi connectivity index (χ1v) is 9.11. The number of hydrogen-bond donors (Lipinski definition) is 2. The van der Waals surface area contributed by atoms with Gasteiger partial charge in [0.2, 0.25) is 5.91 Å². The fraction of sp³-hybridized carbons (Fsp3) is 0.222. The van der Waals surface area contributed by atoms with Crippen molar-refractivity contribution in [2.24, 2.45) is 0 Å². The number of rotatable bonds is 5. The van der Waals surface area contributed by atoms with E-state index in [9.17, 15) is 9.59 Å². The van der Waals surface area contributed by atoms with Gasteiger partial charge in [0, 0.05) is 15.9 Å². The molecule has 0 radical (unpaired) electrons. The molecule has 5 nitrogen and oxygen atoms in total. The second kappa shape index (κ2) is 8.49. The Morgan fingerprint density at radius 1 is 1.00 bits per heavy atom. The lowest BCUT2D eigenvalue weighted by Gasteiger charge is -2.14. The molecule has 25 heavy (non-hydrogen) atoms. The molecule has 0 aliphatic heterocycles. The van der Waals surface area contributed by atoms with Crippen molar-refractivity contribution < 1.29 is 14.3 Å². The van der Waals surface area contributed by atoms with Gasteiger partial charge in [0.25, 0.3) is 5.91 Å². The second-order valence-electron chi connectivity index (χ2n) is 5.62. The van der Waals surface area contributed by atoms with Gasteiger partial charge in [0.15, 0.2) is 6.61 Å². The lowest BCUT2D eigenvalue weighted by molar-refractivity contribution is -0.118. The number of carbonyl (C=O) groups excluding carboxylic acids is 2. The molecule has 0 atom stereocenters. The molecular weight excluding hydrogens is 452 g/mol. The molecule has 0 fully saturated rings. The first-order valence-electron chi connectivity index (χ1n) is 7.53. The zero-order chi connectivity index (χ0) is 18.6. The van der Waals surface area contributed by atoms with E-state index in [1.54, 1.807) is 12.1 Å². The first-order chi connectivity index (χ1) is 11.8. The van der Waals surface area contributed by atoms with Gasteiger partial charge in [-0.15, -0.1) is 0 Å². The Kier molecular flexibility index (Phi) is 6.61. The maximum Gasteiger partial charge on any atom is 0.262 e. The Labute approximate surface area is 163 Å². The lowest BCUT2D eigenvalue weighted by Crippen LogP contribution is -2.21. The number of hydrogen-bond acceptors (Lipinski definition) is 3. The SMILES string of the molecule is CC(=O)Nc1ccc(C)cc1OCC(=O)Nc1c(Br)cc(C)cc1Br. The number of anilines is 2. The van der Waals surface area contributed by atoms with Crippen LogP contribution >= 0.6 is 31.9 Å². The van der Waals surface area contributed by atoms with Gasteiger partial charge in [0.1, 0.15) is 5.75 Å². The van der Waals surface area contributed by atoms with Gasteiger partial charge in [0.05, 0.1) is 11.4 Å². The van der Waals surface area contributed by atoms with Gasteiger partial charge in [-0.05, 0) is 81.1 Å². The van der Waals surface area contributed by atoms with E-state index in [-0.39, 0.29) is 18.4 Å². The van der Waals surface area contributed by atoms with E-state index >= 15 is 0 Å². The van der Waals surface area contributed by atoms with Crippen molar-refractivity contribution in [1.29, 1.82) is 0 Å². The highest BCUT2D eigenvalue weighted by Crippen LogP contribution is 2.32. The third-order valence-corrected chi connectivity index (χ3v) is 4.51. The van der Waals surface area contributed by atoms with Crippen LogP contribution in [0.25, 0.3) is 0 Å². The van der Waals surface area contributed by atoms with Crippen molar-refractivity contribution in [2.75, 3.05) is 17.2 Å². The van der Waals surface area contributed by atoms with E-state index in [2.05, 4.69) is 42.5 Å². The molecule has 0 aromatic heterocycles. The predicted octanol–water partition coefficient (Wildman–Crippen LogP) is 4.80. The molecule has 0 aliphatic carbocycles. The first kappa shape index (κ1) is 19.5. The molecule has 2 N–H and O–H groups in total. The predicted molar refractivity (Wildman–Crippen MR) is 106 cm³/mol. The number of nitrogens with one attached hydrogen (secondary N) is 2. The molecule has 132 valence electrons. The van der Waals surface area contributed by atoms with Gasteiger partial charge < -0.3 is 15.4 Å². The maximum absolute atomic E-state index is 12.2. The maximum atomic E-state index is 12.2. The highest BCUT2D eigenvalue weighted by atomic mass is 79.9. The Hall–Kier alpha value is -1.86. The van der Waals surface area contributed by atoms with Crippen molar-refractivity contribution in [3.05, 3.63) is 50.4 Å². The third-order valence-electron chi connectivity index (χ3n) is 3.26. The molecule has 7 heteroatoms. The molecule has 2 aromatic rings. The number of ether oxygens (including phenoxy) is 1. The van der Waals surface area contributed by atoms with Gasteiger partial charge in [-0.1, -0.05) is 6.07 Å². The van der Waals surface area contributed by atoms with Gasteiger partial charge >= 0.3 is 0 Å². The summed E-state index contributed by atoms with van der Waals surface area (Å²) in [6, 6.07) is 9.21. The molecule has 2 amide bonds. The minimum absolute atomic E-state index is 0.178. The van der Waals surface area contributed by atoms with Gasteiger partial charge in [-0.3, -0.25) is 9.59 Å². The minimum atomic E-state index is -0.305. The summed E-state index contributed by atoms with van der Waals surface area (Å²) in [6.07, 6.45) is 0. The summed E-state index contributed by atoms with van der Waals surface area (Å²) >= 11 is 6.88. The molecule has 2 rings (SSSR count). The number of amides is 2. The molecule has 2 aromatic carbocycles. The topological polar surface area (TPSA) is 67.4 Å². The van der Waals surface area contributed by atoms with Crippen LogP contribution < -0.4 is 15.4 Å². The van der Waals surface area contributed by atoms with Crippen LogP contribution in [0.2, 0.25) is 0 Å². The van der Waals surface area contributed by atoms with Gasteiger partial charge in [-0.2, -0.15) is 0 Å². The summed E-state index contributed by atoms with van der Waals surface area (Å²) in [4.78, 5) is 23.5. The molecule has 0 bridgehead atoms. The second-order valence-corrected chi connectivity index (χ2v) is 7.33. The van der Waals surface area contributed by atoms with E-state index < -0.39 is 0 Å². The van der Waals surface area contributed by atoms with Crippen molar-refractivity contribution >= 4 is 55.0 Å². The van der Waals surface area contributed by atoms with Crippen LogP contribution in [-0.2, 0) is 9.59 Å². The molecule has 0 unspecified atom stereocenters. The van der Waals surface area contributed by atoms with E-state index in [4.69, 9.17) is 4.74 Å². The summed E-state index contributed by atoms with van der Waals surface area (Å²) in [7, 11) is 0. The molecule has 0 spiro atoms. The summed E-state index contributed by atoms with van der Waals surface area (Å²) in [5.74, 6) is -0.0569. The van der Waals surface area contributed by atoms with E-state index in [0.717, 1.165) is 20.1 Å². The smallest absolute Gasteiger partial charge is 0.262 e. The molecular formula is C18H18Br2N2O3. The highest BCUT2D eigenvalue weighted by Gasteiger charge is 2.12. The fourth-order valence-corrected chi connectivity index (χ4v) is 3.79. The Morgan fingerprint density at radius 2 is 1.64 bits per heavy atom. The highest BCUT2D eigenvalue weighted by molar-refractivity contribution is 9.11. The standard InChI is InChI=1S/C18H18Br2N2O3/c1-10-4-5-15(21-12(3)23)16(8-10)25-9-17(24)22-18-13(19)6-11(2)7-14(18)20/h4-8H,9H2,1-3H3,(H,21,23)(H,22,24). The Balaban J connectivity index is 2.08. The summed E-state index contributed by atoms with van der Waals surface area (Å²) in [6.45, 7) is 5.11. The number of halogens is 2. The minimum Gasteiger partial charge on any atom is -0.482 e.